The van der Waals surface area contributed by atoms with E-state index in [1.54, 1.807) is 28.1 Å². The molecule has 2 aliphatic rings. The van der Waals surface area contributed by atoms with Gasteiger partial charge in [0.1, 0.15) is 0 Å². The van der Waals surface area contributed by atoms with Gasteiger partial charge in [-0.2, -0.15) is 0 Å². The molecule has 2 rings (SSSR count). The third kappa shape index (κ3) is 7.38. The molecule has 2 heterocycles. The molecule has 8 heteroatoms. The SMILES string of the molecule is C=CC[C@H](CC[C@@H](CC=C)N(C(C)=O)N1CCC[C@H]1COC)N(C(C)=O)N1CCC[C@H]1COC. The number of carbonyl (C=O) groups excluding carboxylic acids is 2. The fourth-order valence-corrected chi connectivity index (χ4v) is 5.68. The van der Waals surface area contributed by atoms with E-state index in [1.165, 1.54) is 0 Å². The highest BCUT2D eigenvalue weighted by molar-refractivity contribution is 5.73. The second-order valence-corrected chi connectivity index (χ2v) is 9.49. The number of hydrazine groups is 2. The van der Waals surface area contributed by atoms with Gasteiger partial charge < -0.3 is 9.47 Å². The summed E-state index contributed by atoms with van der Waals surface area (Å²) in [5, 5.41) is 8.26. The van der Waals surface area contributed by atoms with Crippen molar-refractivity contribution in [1.29, 1.82) is 0 Å². The maximum Gasteiger partial charge on any atom is 0.234 e. The Kier molecular flexibility index (Phi) is 12.2. The lowest BCUT2D eigenvalue weighted by atomic mass is 10.00. The molecule has 194 valence electrons. The predicted octanol–water partition coefficient (Wildman–Crippen LogP) is 3.40. The average Bonchev–Trinajstić information content (AvgIpc) is 3.42. The Bertz CT molecular complexity index is 617. The molecule has 4 atom stereocenters. The number of amides is 2. The van der Waals surface area contributed by atoms with Crippen LogP contribution in [0.1, 0.15) is 65.2 Å². The molecular weight excluding hydrogens is 432 g/mol. The molecule has 8 nitrogen and oxygen atoms in total. The predicted molar refractivity (Wildman–Crippen MR) is 135 cm³/mol. The van der Waals surface area contributed by atoms with Crippen LogP contribution in [0, 0.1) is 0 Å². The van der Waals surface area contributed by atoms with Crippen LogP contribution in [0.25, 0.3) is 0 Å². The number of methoxy groups -OCH3 is 2. The molecule has 0 aliphatic carbocycles. The van der Waals surface area contributed by atoms with Crippen molar-refractivity contribution in [1.82, 2.24) is 20.0 Å². The number of carbonyl (C=O) groups is 2. The zero-order chi connectivity index (χ0) is 25.1. The molecule has 2 amide bonds. The Balaban J connectivity index is 2.22. The first kappa shape index (κ1) is 28.5. The lowest BCUT2D eigenvalue weighted by molar-refractivity contribution is -0.162. The van der Waals surface area contributed by atoms with Crippen molar-refractivity contribution in [2.75, 3.05) is 40.5 Å². The topological polar surface area (TPSA) is 65.6 Å². The van der Waals surface area contributed by atoms with Crippen LogP contribution in [-0.2, 0) is 19.1 Å². The van der Waals surface area contributed by atoms with E-state index in [-0.39, 0.29) is 36.0 Å². The van der Waals surface area contributed by atoms with Gasteiger partial charge in [-0.05, 0) is 51.4 Å². The highest BCUT2D eigenvalue weighted by Crippen LogP contribution is 2.28. The van der Waals surface area contributed by atoms with Crippen molar-refractivity contribution >= 4 is 11.8 Å². The normalized spacial score (nSPS) is 22.9. The van der Waals surface area contributed by atoms with Crippen LogP contribution >= 0.6 is 0 Å². The zero-order valence-electron chi connectivity index (χ0n) is 21.8. The van der Waals surface area contributed by atoms with Gasteiger partial charge in [-0.15, -0.1) is 13.2 Å². The Morgan fingerprint density at radius 2 is 1.24 bits per heavy atom. The van der Waals surface area contributed by atoms with Gasteiger partial charge >= 0.3 is 0 Å². The first-order valence-electron chi connectivity index (χ1n) is 12.7. The number of nitrogens with zero attached hydrogens (tertiary/aromatic N) is 4. The van der Waals surface area contributed by atoms with Crippen molar-refractivity contribution in [3.63, 3.8) is 0 Å². The van der Waals surface area contributed by atoms with Crippen molar-refractivity contribution in [3.05, 3.63) is 25.3 Å². The van der Waals surface area contributed by atoms with Crippen molar-refractivity contribution < 1.29 is 19.1 Å². The second-order valence-electron chi connectivity index (χ2n) is 9.49. The first-order valence-corrected chi connectivity index (χ1v) is 12.7. The monoisotopic (exact) mass is 478 g/mol. The summed E-state index contributed by atoms with van der Waals surface area (Å²) in [5.41, 5.74) is 0. The van der Waals surface area contributed by atoms with E-state index in [4.69, 9.17) is 9.47 Å². The van der Waals surface area contributed by atoms with Crippen LogP contribution in [0.15, 0.2) is 25.3 Å². The molecule has 0 unspecified atom stereocenters. The molecule has 0 N–H and O–H groups in total. The molecule has 2 aliphatic heterocycles. The molecule has 0 aromatic rings. The minimum absolute atomic E-state index is 0.0121. The molecular formula is C26H46N4O4. The third-order valence-corrected chi connectivity index (χ3v) is 7.01. The number of hydrogen-bond acceptors (Lipinski definition) is 6. The Morgan fingerprint density at radius 1 is 0.853 bits per heavy atom. The number of rotatable bonds is 15. The quantitative estimate of drug-likeness (QED) is 0.336. The van der Waals surface area contributed by atoms with E-state index in [2.05, 4.69) is 23.2 Å². The van der Waals surface area contributed by atoms with Crippen molar-refractivity contribution in [2.45, 2.75) is 89.4 Å². The number of hydrogen-bond donors (Lipinski definition) is 0. The average molecular weight is 479 g/mol. The fraction of sp³-hybridized carbons (Fsp3) is 0.769. The molecule has 0 spiro atoms. The highest BCUT2D eigenvalue weighted by atomic mass is 16.5. The zero-order valence-corrected chi connectivity index (χ0v) is 21.8. The van der Waals surface area contributed by atoms with Crippen LogP contribution in [0.3, 0.4) is 0 Å². The second kappa shape index (κ2) is 14.6. The van der Waals surface area contributed by atoms with Gasteiger partial charge in [-0.1, -0.05) is 12.2 Å². The van der Waals surface area contributed by atoms with E-state index in [0.29, 0.717) is 26.1 Å². The van der Waals surface area contributed by atoms with Gasteiger partial charge in [0.15, 0.2) is 0 Å². The summed E-state index contributed by atoms with van der Waals surface area (Å²) in [4.78, 5) is 25.7. The Hall–Kier alpha value is -1.74. The molecule has 0 bridgehead atoms. The molecule has 0 saturated carbocycles. The molecule has 34 heavy (non-hydrogen) atoms. The van der Waals surface area contributed by atoms with E-state index < -0.39 is 0 Å². The van der Waals surface area contributed by atoms with Gasteiger partial charge in [0.2, 0.25) is 11.8 Å². The van der Waals surface area contributed by atoms with E-state index in [1.807, 2.05) is 22.2 Å². The first-order chi connectivity index (χ1) is 16.4. The standard InChI is InChI=1S/C26H46N4O4/c1-7-11-23(29(21(3)31)27-17-9-13-25(27)19-33-5)15-16-24(12-8-2)30(22(4)32)28-18-10-14-26(28)20-34-6/h7-8,23-26H,1-2,9-20H2,3-6H3/t23-,24-,25+,26+/m1/s1. The Labute approximate surface area is 206 Å². The summed E-state index contributed by atoms with van der Waals surface area (Å²) in [7, 11) is 3.42. The molecule has 2 saturated heterocycles. The summed E-state index contributed by atoms with van der Waals surface area (Å²) < 4.78 is 10.9. The largest absolute Gasteiger partial charge is 0.383 e. The maximum absolute atomic E-state index is 12.8. The van der Waals surface area contributed by atoms with Gasteiger partial charge in [0.25, 0.3) is 0 Å². The van der Waals surface area contributed by atoms with Gasteiger partial charge in [-0.3, -0.25) is 19.6 Å². The van der Waals surface area contributed by atoms with Gasteiger partial charge in [-0.25, -0.2) is 10.0 Å². The van der Waals surface area contributed by atoms with Crippen LogP contribution < -0.4 is 0 Å². The van der Waals surface area contributed by atoms with Crippen molar-refractivity contribution in [2.24, 2.45) is 0 Å². The lowest BCUT2D eigenvalue weighted by Gasteiger charge is -2.43. The lowest BCUT2D eigenvalue weighted by Crippen LogP contribution is -2.56. The summed E-state index contributed by atoms with van der Waals surface area (Å²) in [6.07, 6.45) is 10.9. The van der Waals surface area contributed by atoms with Crippen LogP contribution in [0.5, 0.6) is 0 Å². The van der Waals surface area contributed by atoms with Crippen molar-refractivity contribution in [3.8, 4) is 0 Å². The van der Waals surface area contributed by atoms with Crippen LogP contribution in [0.4, 0.5) is 0 Å². The van der Waals surface area contributed by atoms with E-state index in [9.17, 15) is 9.59 Å². The maximum atomic E-state index is 12.8. The fourth-order valence-electron chi connectivity index (χ4n) is 5.68. The number of ether oxygens (including phenoxy) is 2. The Morgan fingerprint density at radius 3 is 1.53 bits per heavy atom. The van der Waals surface area contributed by atoms with Crippen LogP contribution in [0.2, 0.25) is 0 Å². The van der Waals surface area contributed by atoms with Gasteiger partial charge in [0, 0.05) is 41.2 Å². The van der Waals surface area contributed by atoms with E-state index in [0.717, 1.165) is 51.6 Å². The van der Waals surface area contributed by atoms with E-state index >= 15 is 0 Å². The summed E-state index contributed by atoms with van der Waals surface area (Å²) in [6, 6.07) is 0.389. The summed E-state index contributed by atoms with van der Waals surface area (Å²) in [5.74, 6) is 0.0801. The highest BCUT2D eigenvalue weighted by Gasteiger charge is 2.37. The molecule has 0 radical (unpaired) electrons. The molecule has 2 fully saturated rings. The molecule has 0 aromatic carbocycles. The minimum Gasteiger partial charge on any atom is -0.383 e. The third-order valence-electron chi connectivity index (χ3n) is 7.01. The summed E-state index contributed by atoms with van der Waals surface area (Å²) >= 11 is 0. The molecule has 0 aromatic heterocycles. The summed E-state index contributed by atoms with van der Waals surface area (Å²) in [6.45, 7) is 14.1. The minimum atomic E-state index is -0.0121. The van der Waals surface area contributed by atoms with Gasteiger partial charge in [0.05, 0.1) is 37.4 Å². The smallest absolute Gasteiger partial charge is 0.234 e. The van der Waals surface area contributed by atoms with Crippen LogP contribution in [-0.4, -0.2) is 96.5 Å².